The summed E-state index contributed by atoms with van der Waals surface area (Å²) in [7, 11) is 2.01. The molecule has 198 valence electrons. The number of carbonyl (C=O) groups excluding carboxylic acids is 1. The van der Waals surface area contributed by atoms with Gasteiger partial charge < -0.3 is 19.3 Å². The highest BCUT2D eigenvalue weighted by Crippen LogP contribution is 2.29. The second kappa shape index (κ2) is 11.2. The minimum absolute atomic E-state index is 0.118. The summed E-state index contributed by atoms with van der Waals surface area (Å²) < 4.78 is 2.06. The third-order valence-corrected chi connectivity index (χ3v) is 8.02. The average molecular weight is 514 g/mol. The molecule has 1 amide bonds. The molecule has 0 radical (unpaired) electrons. The Morgan fingerprint density at radius 3 is 2.37 bits per heavy atom. The van der Waals surface area contributed by atoms with E-state index in [1.54, 1.807) is 0 Å². The summed E-state index contributed by atoms with van der Waals surface area (Å²) in [5.41, 5.74) is 13.2. The SMILES string of the molecule is Cc1c(CN2CCN(c3ccccc3N=[N+]=N)CC2)cc(C(=O)N2CCN(c3ccccc3)C[C@@H]2C)n1C. The maximum Gasteiger partial charge on any atom is 0.270 e. The molecule has 0 unspecified atom stereocenters. The molecular weight excluding hydrogens is 476 g/mol. The highest BCUT2D eigenvalue weighted by atomic mass is 16.2. The van der Waals surface area contributed by atoms with Gasteiger partial charge in [0.15, 0.2) is 10.8 Å². The van der Waals surface area contributed by atoms with Gasteiger partial charge in [-0.25, -0.2) is 0 Å². The molecule has 1 aromatic heterocycles. The normalized spacial score (nSPS) is 18.4. The topological polar surface area (TPSA) is 85.3 Å². The highest BCUT2D eigenvalue weighted by molar-refractivity contribution is 5.93. The summed E-state index contributed by atoms with van der Waals surface area (Å²) >= 11 is 0. The second-order valence-electron chi connectivity index (χ2n) is 10.3. The van der Waals surface area contributed by atoms with Crippen molar-refractivity contribution in [2.24, 2.45) is 12.2 Å². The first-order valence-electron chi connectivity index (χ1n) is 13.4. The first kappa shape index (κ1) is 25.7. The lowest BCUT2D eigenvalue weighted by atomic mass is 10.1. The molecule has 5 rings (SSSR count). The van der Waals surface area contributed by atoms with Crippen LogP contribution >= 0.6 is 0 Å². The summed E-state index contributed by atoms with van der Waals surface area (Å²) in [5, 5.41) is 3.97. The van der Waals surface area contributed by atoms with Crippen LogP contribution in [0.25, 0.3) is 0 Å². The minimum atomic E-state index is 0.118. The molecule has 3 heterocycles. The van der Waals surface area contributed by atoms with Crippen molar-refractivity contribution in [1.29, 1.82) is 5.53 Å². The van der Waals surface area contributed by atoms with E-state index in [1.165, 1.54) is 11.3 Å². The Hall–Kier alpha value is -3.94. The summed E-state index contributed by atoms with van der Waals surface area (Å²) in [5.74, 6) is 0.118. The van der Waals surface area contributed by atoms with Crippen molar-refractivity contribution in [3.8, 4) is 0 Å². The van der Waals surface area contributed by atoms with E-state index in [4.69, 9.17) is 5.53 Å². The van der Waals surface area contributed by atoms with Gasteiger partial charge >= 0.3 is 0 Å². The van der Waals surface area contributed by atoms with E-state index in [2.05, 4.69) is 73.5 Å². The standard InChI is InChI=1S/C29H37N8O/c1-22-20-36(25-9-5-4-6-10-25)17-18-37(22)29(38)28-19-24(23(2)33(28)3)21-34-13-15-35(16-14-34)27-12-8-7-11-26(27)31-32-30/h4-12,19,22,30H,13-18,20-21H2,1-3H3/q+1/t22-/m0/s1. The molecule has 38 heavy (non-hydrogen) atoms. The van der Waals surface area contributed by atoms with E-state index in [9.17, 15) is 4.79 Å². The number of hydrogen-bond donors (Lipinski definition) is 1. The van der Waals surface area contributed by atoms with Gasteiger partial charge in [-0.15, -0.1) is 0 Å². The number of para-hydroxylation sites is 2. The molecule has 0 aliphatic carbocycles. The Labute approximate surface area is 224 Å². The number of hydrogen-bond acceptors (Lipinski definition) is 6. The molecule has 3 aromatic rings. The molecule has 9 heteroatoms. The second-order valence-corrected chi connectivity index (χ2v) is 10.3. The van der Waals surface area contributed by atoms with Crippen LogP contribution in [-0.2, 0) is 13.6 Å². The molecular formula is C29H37N8O+. The molecule has 0 spiro atoms. The summed E-state index contributed by atoms with van der Waals surface area (Å²) in [4.78, 5) is 26.0. The molecule has 1 N–H and O–H groups in total. The van der Waals surface area contributed by atoms with Gasteiger partial charge in [0.05, 0.1) is 5.69 Å². The number of carbonyl (C=O) groups is 1. The molecule has 2 aliphatic heterocycles. The first-order valence-corrected chi connectivity index (χ1v) is 13.4. The van der Waals surface area contributed by atoms with E-state index in [-0.39, 0.29) is 11.9 Å². The largest absolute Gasteiger partial charge is 0.368 e. The van der Waals surface area contributed by atoms with Crippen molar-refractivity contribution in [3.05, 3.63) is 77.6 Å². The average Bonchev–Trinajstić information content (AvgIpc) is 3.22. The number of nitrogens with zero attached hydrogens (tertiary/aromatic N) is 7. The first-order chi connectivity index (χ1) is 18.5. The number of nitrogens with one attached hydrogen (secondary N) is 1. The van der Waals surface area contributed by atoms with Crippen LogP contribution in [0, 0.1) is 12.5 Å². The lowest BCUT2D eigenvalue weighted by molar-refractivity contribution is 0.0664. The predicted molar refractivity (Wildman–Crippen MR) is 150 cm³/mol. The molecule has 2 fully saturated rings. The quantitative estimate of drug-likeness (QED) is 0.396. The number of amides is 1. The zero-order chi connectivity index (χ0) is 26.6. The van der Waals surface area contributed by atoms with Crippen LogP contribution in [0.15, 0.2) is 65.8 Å². The van der Waals surface area contributed by atoms with Gasteiger partial charge in [0, 0.05) is 76.8 Å². The van der Waals surface area contributed by atoms with E-state index >= 15 is 0 Å². The van der Waals surface area contributed by atoms with Crippen LogP contribution in [0.5, 0.6) is 0 Å². The number of anilines is 2. The van der Waals surface area contributed by atoms with Crippen LogP contribution in [0.3, 0.4) is 0 Å². The fraction of sp³-hybridized carbons (Fsp3) is 0.414. The van der Waals surface area contributed by atoms with Gasteiger partial charge in [-0.1, -0.05) is 30.3 Å². The molecule has 1 atom stereocenters. The van der Waals surface area contributed by atoms with Crippen molar-refractivity contribution in [2.75, 3.05) is 55.6 Å². The van der Waals surface area contributed by atoms with Crippen LogP contribution in [0.4, 0.5) is 17.1 Å². The fourth-order valence-electron chi connectivity index (χ4n) is 5.67. The molecule has 0 bridgehead atoms. The van der Waals surface area contributed by atoms with Gasteiger partial charge in [-0.2, -0.15) is 0 Å². The van der Waals surface area contributed by atoms with Crippen LogP contribution < -0.4 is 14.7 Å². The molecule has 2 saturated heterocycles. The van der Waals surface area contributed by atoms with Gasteiger partial charge in [0.2, 0.25) is 4.91 Å². The summed E-state index contributed by atoms with van der Waals surface area (Å²) in [6.45, 7) is 11.1. The summed E-state index contributed by atoms with van der Waals surface area (Å²) in [6, 6.07) is 20.5. The van der Waals surface area contributed by atoms with Crippen molar-refractivity contribution < 1.29 is 4.79 Å². The number of piperazine rings is 2. The fourth-order valence-corrected chi connectivity index (χ4v) is 5.67. The van der Waals surface area contributed by atoms with Crippen molar-refractivity contribution in [2.45, 2.75) is 26.4 Å². The zero-order valence-corrected chi connectivity index (χ0v) is 22.5. The van der Waals surface area contributed by atoms with Crippen molar-refractivity contribution >= 4 is 23.0 Å². The van der Waals surface area contributed by atoms with Crippen molar-refractivity contribution in [1.82, 2.24) is 19.3 Å². The maximum absolute atomic E-state index is 13.7. The number of aromatic nitrogens is 1. The van der Waals surface area contributed by atoms with Crippen LogP contribution in [0.2, 0.25) is 0 Å². The third-order valence-electron chi connectivity index (χ3n) is 8.02. The van der Waals surface area contributed by atoms with Gasteiger partial charge in [-0.3, -0.25) is 9.69 Å². The zero-order valence-electron chi connectivity index (χ0n) is 22.5. The van der Waals surface area contributed by atoms with E-state index in [1.807, 2.05) is 42.3 Å². The summed E-state index contributed by atoms with van der Waals surface area (Å²) in [6.07, 6.45) is 0. The lowest BCUT2D eigenvalue weighted by Crippen LogP contribution is -2.54. The highest BCUT2D eigenvalue weighted by Gasteiger charge is 2.30. The van der Waals surface area contributed by atoms with Gasteiger partial charge in [-0.05, 0) is 49.7 Å². The number of rotatable bonds is 6. The monoisotopic (exact) mass is 513 g/mol. The van der Waals surface area contributed by atoms with Crippen molar-refractivity contribution in [3.63, 3.8) is 0 Å². The Morgan fingerprint density at radius 2 is 1.66 bits per heavy atom. The Balaban J connectivity index is 1.22. The van der Waals surface area contributed by atoms with E-state index < -0.39 is 0 Å². The number of benzene rings is 2. The molecule has 2 aromatic carbocycles. The minimum Gasteiger partial charge on any atom is -0.368 e. The smallest absolute Gasteiger partial charge is 0.270 e. The van der Waals surface area contributed by atoms with E-state index in [0.29, 0.717) is 0 Å². The van der Waals surface area contributed by atoms with Gasteiger partial charge in [0.25, 0.3) is 5.91 Å². The molecule has 0 saturated carbocycles. The lowest BCUT2D eigenvalue weighted by Gasteiger charge is -2.41. The van der Waals surface area contributed by atoms with Crippen LogP contribution in [0.1, 0.15) is 28.7 Å². The Bertz CT molecular complexity index is 1320. The Kier molecular flexibility index (Phi) is 7.58. The van der Waals surface area contributed by atoms with Crippen LogP contribution in [-0.4, -0.2) is 72.1 Å². The maximum atomic E-state index is 13.7. The van der Waals surface area contributed by atoms with E-state index in [0.717, 1.165) is 75.1 Å². The third kappa shape index (κ3) is 5.21. The Morgan fingerprint density at radius 1 is 0.974 bits per heavy atom. The molecule has 2 aliphatic rings. The van der Waals surface area contributed by atoms with Gasteiger partial charge in [0.1, 0.15) is 11.2 Å². The predicted octanol–water partition coefficient (Wildman–Crippen LogP) is 4.19. The molecule has 9 nitrogen and oxygen atoms in total.